The molecule has 46 heavy (non-hydrogen) atoms. The quantitative estimate of drug-likeness (QED) is 0.181. The molecule has 0 saturated carbocycles. The molecule has 9 aromatic rings. The number of rotatable bonds is 4. The third kappa shape index (κ3) is 4.30. The van der Waals surface area contributed by atoms with Gasteiger partial charge < -0.3 is 0 Å². The summed E-state index contributed by atoms with van der Waals surface area (Å²) in [6.45, 7) is 0. The molecular formula is C46H30. The summed E-state index contributed by atoms with van der Waals surface area (Å²) in [7, 11) is 0. The Labute approximate surface area is 268 Å². The molecule has 0 radical (unpaired) electrons. The van der Waals surface area contributed by atoms with Crippen LogP contribution in [0.5, 0.6) is 0 Å². The third-order valence-corrected chi connectivity index (χ3v) is 9.45. The Balaban J connectivity index is 1.34. The fourth-order valence-corrected chi connectivity index (χ4v) is 7.32. The number of hydrogen-bond acceptors (Lipinski definition) is 0. The SMILES string of the molecule is c1ccc(-c2ccccc2-c2c3ccccc3c(-c3cccc4ccc(-c5ccc6ccccc6c5)cc34)c3ccccc23)cc1. The Morgan fingerprint density at radius 3 is 1.39 bits per heavy atom. The maximum atomic E-state index is 2.39. The van der Waals surface area contributed by atoms with E-state index >= 15 is 0 Å². The minimum Gasteiger partial charge on any atom is -0.0622 e. The van der Waals surface area contributed by atoms with Gasteiger partial charge in [0.1, 0.15) is 0 Å². The average Bonchev–Trinajstić information content (AvgIpc) is 3.13. The van der Waals surface area contributed by atoms with Gasteiger partial charge in [-0.15, -0.1) is 0 Å². The first kappa shape index (κ1) is 26.4. The first-order valence-electron chi connectivity index (χ1n) is 15.9. The number of hydrogen-bond donors (Lipinski definition) is 0. The van der Waals surface area contributed by atoms with Gasteiger partial charge in [0.2, 0.25) is 0 Å². The number of fused-ring (bicyclic) bond motifs is 4. The minimum atomic E-state index is 1.23. The summed E-state index contributed by atoms with van der Waals surface area (Å²) in [5.74, 6) is 0. The Bertz CT molecular complexity index is 2520. The van der Waals surface area contributed by atoms with Crippen LogP contribution in [0.15, 0.2) is 182 Å². The second-order valence-electron chi connectivity index (χ2n) is 12.1. The van der Waals surface area contributed by atoms with Gasteiger partial charge in [-0.2, -0.15) is 0 Å². The smallest absolute Gasteiger partial charge is 0.00201 e. The van der Waals surface area contributed by atoms with E-state index in [9.17, 15) is 0 Å². The second kappa shape index (κ2) is 10.9. The van der Waals surface area contributed by atoms with Gasteiger partial charge in [-0.3, -0.25) is 0 Å². The first-order chi connectivity index (χ1) is 22.8. The number of benzene rings is 9. The van der Waals surface area contributed by atoms with E-state index in [0.29, 0.717) is 0 Å². The molecule has 0 bridgehead atoms. The zero-order chi connectivity index (χ0) is 30.5. The van der Waals surface area contributed by atoms with Crippen molar-refractivity contribution in [1.29, 1.82) is 0 Å². The molecule has 0 atom stereocenters. The monoisotopic (exact) mass is 582 g/mol. The van der Waals surface area contributed by atoms with E-state index in [1.807, 2.05) is 0 Å². The van der Waals surface area contributed by atoms with E-state index in [1.165, 1.54) is 87.6 Å². The lowest BCUT2D eigenvalue weighted by molar-refractivity contribution is 1.61. The standard InChI is InChI=1S/C46H30/c1-2-14-32(15-3-1)37-18-6-7-19-38(37)45-39-20-8-10-22-41(39)46(42-23-11-9-21-40(42)45)43-24-12-17-33-26-28-36(30-44(33)43)35-27-25-31-13-4-5-16-34(31)29-35/h1-30H. The predicted molar refractivity (Wildman–Crippen MR) is 198 cm³/mol. The highest BCUT2D eigenvalue weighted by Crippen LogP contribution is 2.47. The minimum absolute atomic E-state index is 1.23. The van der Waals surface area contributed by atoms with E-state index < -0.39 is 0 Å². The van der Waals surface area contributed by atoms with Crippen LogP contribution in [-0.4, -0.2) is 0 Å². The van der Waals surface area contributed by atoms with Crippen molar-refractivity contribution in [1.82, 2.24) is 0 Å². The van der Waals surface area contributed by atoms with Gasteiger partial charge in [0.25, 0.3) is 0 Å². The van der Waals surface area contributed by atoms with E-state index in [1.54, 1.807) is 0 Å². The molecule has 0 aliphatic rings. The maximum Gasteiger partial charge on any atom is -0.00201 e. The van der Waals surface area contributed by atoms with E-state index in [-0.39, 0.29) is 0 Å². The second-order valence-corrected chi connectivity index (χ2v) is 12.1. The zero-order valence-electron chi connectivity index (χ0n) is 25.3. The summed E-state index contributed by atoms with van der Waals surface area (Å²) in [6.07, 6.45) is 0. The first-order valence-corrected chi connectivity index (χ1v) is 15.9. The van der Waals surface area contributed by atoms with Gasteiger partial charge in [-0.25, -0.2) is 0 Å². The lowest BCUT2D eigenvalue weighted by Crippen LogP contribution is -1.93. The van der Waals surface area contributed by atoms with Gasteiger partial charge in [0.15, 0.2) is 0 Å². The van der Waals surface area contributed by atoms with E-state index in [0.717, 1.165) is 0 Å². The van der Waals surface area contributed by atoms with Crippen LogP contribution >= 0.6 is 0 Å². The van der Waals surface area contributed by atoms with Crippen LogP contribution in [0, 0.1) is 0 Å². The lowest BCUT2D eigenvalue weighted by Gasteiger charge is -2.20. The predicted octanol–water partition coefficient (Wildman–Crippen LogP) is 13.0. The van der Waals surface area contributed by atoms with Crippen LogP contribution in [0.2, 0.25) is 0 Å². The molecule has 0 aliphatic heterocycles. The van der Waals surface area contributed by atoms with E-state index in [4.69, 9.17) is 0 Å². The molecule has 0 amide bonds. The summed E-state index contributed by atoms with van der Waals surface area (Å²) in [5, 5.41) is 10.1. The molecule has 0 fully saturated rings. The van der Waals surface area contributed by atoms with E-state index in [2.05, 4.69) is 182 Å². The van der Waals surface area contributed by atoms with Crippen molar-refractivity contribution < 1.29 is 0 Å². The zero-order valence-corrected chi connectivity index (χ0v) is 25.3. The average molecular weight is 583 g/mol. The summed E-state index contributed by atoms with van der Waals surface area (Å²) < 4.78 is 0. The molecule has 9 rings (SSSR count). The molecule has 0 N–H and O–H groups in total. The van der Waals surface area contributed by atoms with Crippen molar-refractivity contribution in [3.63, 3.8) is 0 Å². The van der Waals surface area contributed by atoms with Crippen molar-refractivity contribution in [3.8, 4) is 44.5 Å². The Kier molecular flexibility index (Phi) is 6.25. The van der Waals surface area contributed by atoms with Crippen molar-refractivity contribution in [2.45, 2.75) is 0 Å². The molecule has 0 aromatic heterocycles. The topological polar surface area (TPSA) is 0 Å². The summed E-state index contributed by atoms with van der Waals surface area (Å²) in [5.41, 5.74) is 10.0. The lowest BCUT2D eigenvalue weighted by atomic mass is 9.83. The molecule has 0 heteroatoms. The van der Waals surface area contributed by atoms with Crippen molar-refractivity contribution in [2.24, 2.45) is 0 Å². The molecular weight excluding hydrogens is 553 g/mol. The van der Waals surface area contributed by atoms with Crippen molar-refractivity contribution in [3.05, 3.63) is 182 Å². The van der Waals surface area contributed by atoms with Gasteiger partial charge in [0.05, 0.1) is 0 Å². The molecule has 0 unspecified atom stereocenters. The maximum absolute atomic E-state index is 2.39. The highest BCUT2D eigenvalue weighted by atomic mass is 14.2. The largest absolute Gasteiger partial charge is 0.0622 e. The summed E-state index contributed by atoms with van der Waals surface area (Å²) >= 11 is 0. The highest BCUT2D eigenvalue weighted by Gasteiger charge is 2.19. The Morgan fingerprint density at radius 1 is 0.217 bits per heavy atom. The Morgan fingerprint density at radius 2 is 0.696 bits per heavy atom. The third-order valence-electron chi connectivity index (χ3n) is 9.45. The van der Waals surface area contributed by atoms with Gasteiger partial charge in [-0.1, -0.05) is 170 Å². The summed E-state index contributed by atoms with van der Waals surface area (Å²) in [4.78, 5) is 0. The molecule has 9 aromatic carbocycles. The molecule has 214 valence electrons. The summed E-state index contributed by atoms with van der Waals surface area (Å²) in [6, 6.07) is 66.5. The van der Waals surface area contributed by atoms with Crippen molar-refractivity contribution in [2.75, 3.05) is 0 Å². The Hall–Kier alpha value is -5.98. The van der Waals surface area contributed by atoms with Crippen LogP contribution in [0.3, 0.4) is 0 Å². The van der Waals surface area contributed by atoms with Gasteiger partial charge >= 0.3 is 0 Å². The normalized spacial score (nSPS) is 11.5. The molecule has 0 saturated heterocycles. The van der Waals surface area contributed by atoms with Gasteiger partial charge in [0, 0.05) is 0 Å². The fraction of sp³-hybridized carbons (Fsp3) is 0. The van der Waals surface area contributed by atoms with Crippen molar-refractivity contribution >= 4 is 43.1 Å². The molecule has 0 spiro atoms. The van der Waals surface area contributed by atoms with Crippen LogP contribution in [0.25, 0.3) is 87.6 Å². The molecule has 0 aliphatic carbocycles. The van der Waals surface area contributed by atoms with Gasteiger partial charge in [-0.05, 0) is 99.7 Å². The van der Waals surface area contributed by atoms with Crippen LogP contribution < -0.4 is 0 Å². The van der Waals surface area contributed by atoms with Crippen LogP contribution in [-0.2, 0) is 0 Å². The fourth-order valence-electron chi connectivity index (χ4n) is 7.32. The molecule has 0 heterocycles. The van der Waals surface area contributed by atoms with Crippen LogP contribution in [0.1, 0.15) is 0 Å². The molecule has 0 nitrogen and oxygen atoms in total. The highest BCUT2D eigenvalue weighted by molar-refractivity contribution is 6.24. The van der Waals surface area contributed by atoms with Crippen LogP contribution in [0.4, 0.5) is 0 Å².